The normalized spacial score (nSPS) is 18.4. The molecule has 10 nitrogen and oxygen atoms in total. The van der Waals surface area contributed by atoms with Crippen LogP contribution >= 0.6 is 12.4 Å². The van der Waals surface area contributed by atoms with Crippen LogP contribution in [-0.4, -0.2) is 54.2 Å². The molecule has 1 saturated heterocycles. The van der Waals surface area contributed by atoms with Crippen LogP contribution < -0.4 is 26.3 Å². The van der Waals surface area contributed by atoms with Gasteiger partial charge in [-0.2, -0.15) is 8.78 Å². The fraction of sp³-hybridized carbons (Fsp3) is 0.522. The van der Waals surface area contributed by atoms with Crippen LogP contribution in [0, 0.1) is 5.92 Å². The number of urea groups is 1. The molecule has 1 aliphatic heterocycles. The number of nitrogens with zero attached hydrogens (tertiary/aromatic N) is 2. The third-order valence-electron chi connectivity index (χ3n) is 5.93. The first kappa shape index (κ1) is 27.5. The van der Waals surface area contributed by atoms with E-state index in [1.165, 1.54) is 23.1 Å². The number of aromatic nitrogens is 1. The molecular weight excluding hydrogens is 500 g/mol. The third-order valence-corrected chi connectivity index (χ3v) is 5.93. The van der Waals surface area contributed by atoms with Gasteiger partial charge >= 0.3 is 12.6 Å². The molecule has 1 aliphatic carbocycles. The van der Waals surface area contributed by atoms with Crippen molar-refractivity contribution >= 4 is 24.3 Å². The molecule has 4 rings (SSSR count). The summed E-state index contributed by atoms with van der Waals surface area (Å²) in [7, 11) is 0. The number of halogens is 3. The van der Waals surface area contributed by atoms with E-state index in [1.54, 1.807) is 6.92 Å². The van der Waals surface area contributed by atoms with E-state index < -0.39 is 24.6 Å². The van der Waals surface area contributed by atoms with Gasteiger partial charge in [-0.3, -0.25) is 4.79 Å². The van der Waals surface area contributed by atoms with Crippen LogP contribution in [0.4, 0.5) is 13.6 Å². The Balaban J connectivity index is 0.00000361. The van der Waals surface area contributed by atoms with Gasteiger partial charge in [-0.15, -0.1) is 12.4 Å². The summed E-state index contributed by atoms with van der Waals surface area (Å²) in [5.74, 6) is 0.197. The maximum atomic E-state index is 13.0. The Morgan fingerprint density at radius 2 is 2.03 bits per heavy atom. The standard InChI is InChI=1S/C23H29F2N5O5.ClH/c1-12(26)19-18(20(31)28-15-3-2-8-30(10-15)23(27)32)29-21(35-19)14-6-7-16(34-22(24)25)17(9-14)33-11-13-4-5-13;/h6-7,9,12-13,15,22H,2-5,8,10-11,26H2,1H3,(H2,27,32)(H,28,31);1H/t12-,15?;/m0./s1. The zero-order valence-electron chi connectivity index (χ0n) is 19.7. The minimum absolute atomic E-state index is 0. The molecule has 2 aromatic rings. The molecule has 0 bridgehead atoms. The Labute approximate surface area is 213 Å². The number of primary amides is 1. The highest BCUT2D eigenvalue weighted by atomic mass is 35.5. The number of hydrogen-bond donors (Lipinski definition) is 3. The van der Waals surface area contributed by atoms with Crippen LogP contribution in [0.25, 0.3) is 11.5 Å². The number of piperidine rings is 1. The van der Waals surface area contributed by atoms with Crippen LogP contribution in [0.5, 0.6) is 11.5 Å². The molecule has 198 valence electrons. The van der Waals surface area contributed by atoms with Gasteiger partial charge in [-0.25, -0.2) is 9.78 Å². The molecule has 3 amide bonds. The predicted molar refractivity (Wildman–Crippen MR) is 128 cm³/mol. The molecule has 0 spiro atoms. The summed E-state index contributed by atoms with van der Waals surface area (Å²) in [6, 6.07) is 2.86. The fourth-order valence-corrected chi connectivity index (χ4v) is 3.91. The molecule has 36 heavy (non-hydrogen) atoms. The zero-order chi connectivity index (χ0) is 25.1. The van der Waals surface area contributed by atoms with Crippen LogP contribution in [0.15, 0.2) is 22.6 Å². The lowest BCUT2D eigenvalue weighted by Crippen LogP contribution is -2.51. The summed E-state index contributed by atoms with van der Waals surface area (Å²) < 4.78 is 41.8. The number of carbonyl (C=O) groups is 2. The molecule has 1 aromatic carbocycles. The average molecular weight is 530 g/mol. The summed E-state index contributed by atoms with van der Waals surface area (Å²) in [4.78, 5) is 30.3. The molecular formula is C23H30ClF2N5O5. The van der Waals surface area contributed by atoms with Crippen LogP contribution in [0.1, 0.15) is 54.9 Å². The predicted octanol–water partition coefficient (Wildman–Crippen LogP) is 3.45. The van der Waals surface area contributed by atoms with Crippen molar-refractivity contribution in [3.63, 3.8) is 0 Å². The maximum Gasteiger partial charge on any atom is 0.387 e. The van der Waals surface area contributed by atoms with Crippen molar-refractivity contribution in [2.75, 3.05) is 19.7 Å². The summed E-state index contributed by atoms with van der Waals surface area (Å²) in [6.45, 7) is -0.127. The van der Waals surface area contributed by atoms with E-state index in [1.807, 2.05) is 0 Å². The monoisotopic (exact) mass is 529 g/mol. The fourth-order valence-electron chi connectivity index (χ4n) is 3.91. The van der Waals surface area contributed by atoms with Crippen LogP contribution in [-0.2, 0) is 0 Å². The number of rotatable bonds is 9. The summed E-state index contributed by atoms with van der Waals surface area (Å²) in [6.07, 6.45) is 3.44. The number of oxazole rings is 1. The molecule has 2 heterocycles. The van der Waals surface area contributed by atoms with Crippen molar-refractivity contribution in [2.24, 2.45) is 17.4 Å². The summed E-state index contributed by atoms with van der Waals surface area (Å²) in [5, 5.41) is 2.87. The first-order valence-corrected chi connectivity index (χ1v) is 11.5. The average Bonchev–Trinajstić information content (AvgIpc) is 3.53. The minimum atomic E-state index is -3.00. The Hall–Kier alpha value is -3.12. The summed E-state index contributed by atoms with van der Waals surface area (Å²) >= 11 is 0. The first-order valence-electron chi connectivity index (χ1n) is 11.5. The highest BCUT2D eigenvalue weighted by molar-refractivity contribution is 5.94. The van der Waals surface area contributed by atoms with E-state index >= 15 is 0 Å². The highest BCUT2D eigenvalue weighted by Crippen LogP contribution is 2.37. The summed E-state index contributed by atoms with van der Waals surface area (Å²) in [5.41, 5.74) is 11.8. The van der Waals surface area contributed by atoms with E-state index in [4.69, 9.17) is 20.6 Å². The zero-order valence-corrected chi connectivity index (χ0v) is 20.6. The second kappa shape index (κ2) is 11.7. The second-order valence-electron chi connectivity index (χ2n) is 8.91. The number of benzene rings is 1. The number of alkyl halides is 2. The lowest BCUT2D eigenvalue weighted by Gasteiger charge is -2.31. The maximum absolute atomic E-state index is 13.0. The third kappa shape index (κ3) is 6.76. The van der Waals surface area contributed by atoms with Crippen molar-refractivity contribution in [3.05, 3.63) is 29.7 Å². The number of carbonyl (C=O) groups excluding carboxylic acids is 2. The molecule has 2 fully saturated rings. The molecule has 2 atom stereocenters. The molecule has 1 unspecified atom stereocenters. The second-order valence-corrected chi connectivity index (χ2v) is 8.91. The van der Waals surface area contributed by atoms with Gasteiger partial charge in [0.15, 0.2) is 23.0 Å². The van der Waals surface area contributed by atoms with Crippen molar-refractivity contribution < 1.29 is 32.3 Å². The number of ether oxygens (including phenoxy) is 2. The van der Waals surface area contributed by atoms with Gasteiger partial charge in [0, 0.05) is 24.7 Å². The van der Waals surface area contributed by atoms with Crippen LogP contribution in [0.2, 0.25) is 0 Å². The van der Waals surface area contributed by atoms with Crippen molar-refractivity contribution in [3.8, 4) is 23.0 Å². The van der Waals surface area contributed by atoms with E-state index in [-0.39, 0.29) is 47.3 Å². The molecule has 1 aromatic heterocycles. The van der Waals surface area contributed by atoms with Gasteiger partial charge in [0.25, 0.3) is 5.91 Å². The topological polar surface area (TPSA) is 146 Å². The van der Waals surface area contributed by atoms with E-state index in [0.29, 0.717) is 44.0 Å². The Kier molecular flexibility index (Phi) is 8.96. The number of likely N-dealkylation sites (tertiary alicyclic amines) is 1. The Bertz CT molecular complexity index is 1080. The van der Waals surface area contributed by atoms with Crippen molar-refractivity contribution in [2.45, 2.75) is 51.3 Å². The quantitative estimate of drug-likeness (QED) is 0.451. The van der Waals surface area contributed by atoms with Gasteiger partial charge < -0.3 is 35.6 Å². The van der Waals surface area contributed by atoms with Gasteiger partial charge in [0.2, 0.25) is 5.89 Å². The lowest BCUT2D eigenvalue weighted by atomic mass is 10.1. The van der Waals surface area contributed by atoms with E-state index in [0.717, 1.165) is 12.8 Å². The number of nitrogens with one attached hydrogen (secondary N) is 1. The van der Waals surface area contributed by atoms with E-state index in [2.05, 4.69) is 15.0 Å². The van der Waals surface area contributed by atoms with Crippen LogP contribution in [0.3, 0.4) is 0 Å². The van der Waals surface area contributed by atoms with Gasteiger partial charge in [-0.1, -0.05) is 0 Å². The Morgan fingerprint density at radius 1 is 1.28 bits per heavy atom. The van der Waals surface area contributed by atoms with Gasteiger partial charge in [-0.05, 0) is 56.7 Å². The molecule has 2 aliphatic rings. The number of amides is 3. The smallest absolute Gasteiger partial charge is 0.387 e. The molecule has 13 heteroatoms. The lowest BCUT2D eigenvalue weighted by molar-refractivity contribution is -0.0515. The molecule has 1 saturated carbocycles. The van der Waals surface area contributed by atoms with Gasteiger partial charge in [0.05, 0.1) is 12.6 Å². The molecule has 5 N–H and O–H groups in total. The number of nitrogens with two attached hydrogens (primary N) is 2. The van der Waals surface area contributed by atoms with E-state index in [9.17, 15) is 18.4 Å². The number of hydrogen-bond acceptors (Lipinski definition) is 7. The molecule has 0 radical (unpaired) electrons. The highest BCUT2D eigenvalue weighted by Gasteiger charge is 2.29. The largest absolute Gasteiger partial charge is 0.489 e. The SMILES string of the molecule is C[C@H](N)c1oc(-c2ccc(OC(F)F)c(OCC3CC3)c2)nc1C(=O)NC1CCCN(C(N)=O)C1.Cl. The van der Waals surface area contributed by atoms with Crippen molar-refractivity contribution in [1.29, 1.82) is 0 Å². The van der Waals surface area contributed by atoms with Gasteiger partial charge in [0.1, 0.15) is 0 Å². The first-order chi connectivity index (χ1) is 16.7. The Morgan fingerprint density at radius 3 is 2.67 bits per heavy atom. The minimum Gasteiger partial charge on any atom is -0.489 e. The van der Waals surface area contributed by atoms with Crippen molar-refractivity contribution in [1.82, 2.24) is 15.2 Å².